The molecule has 0 saturated heterocycles. The van der Waals surface area contributed by atoms with E-state index in [1.807, 2.05) is 42.0 Å². The van der Waals surface area contributed by atoms with Crippen LogP contribution in [-0.4, -0.2) is 21.3 Å². The van der Waals surface area contributed by atoms with Crippen molar-refractivity contribution >= 4 is 17.1 Å². The van der Waals surface area contributed by atoms with Gasteiger partial charge in [-0.15, -0.1) is 0 Å². The van der Waals surface area contributed by atoms with Crippen LogP contribution in [0.5, 0.6) is 0 Å². The number of aliphatic hydroxyl groups excluding tert-OH is 1. The predicted octanol–water partition coefficient (Wildman–Crippen LogP) is 1.58. The third kappa shape index (κ3) is 1.42. The Bertz CT molecular complexity index is 471. The van der Waals surface area contributed by atoms with Crippen LogP contribution in [-0.2, 0) is 7.05 Å². The number of hydrogen-bond acceptors (Lipinski definition) is 2. The number of aliphatic hydroxyl groups is 1. The summed E-state index contributed by atoms with van der Waals surface area (Å²) < 4.78 is 2.00. The lowest BCUT2D eigenvalue weighted by Gasteiger charge is -1.95. The zero-order chi connectivity index (χ0) is 9.97. The molecule has 0 bridgehead atoms. The lowest BCUT2D eigenvalue weighted by molar-refractivity contribution is 0.343. The number of fused-ring (bicyclic) bond motifs is 1. The van der Waals surface area contributed by atoms with Gasteiger partial charge in [-0.3, -0.25) is 0 Å². The zero-order valence-electron chi connectivity index (χ0n) is 8.01. The molecule has 1 heterocycles. The van der Waals surface area contributed by atoms with E-state index in [1.54, 1.807) is 6.08 Å². The van der Waals surface area contributed by atoms with Crippen LogP contribution >= 0.6 is 0 Å². The highest BCUT2D eigenvalue weighted by Gasteiger charge is 2.02. The van der Waals surface area contributed by atoms with Gasteiger partial charge < -0.3 is 9.67 Å². The van der Waals surface area contributed by atoms with Crippen LogP contribution in [0.25, 0.3) is 17.1 Å². The summed E-state index contributed by atoms with van der Waals surface area (Å²) in [4.78, 5) is 4.41. The van der Waals surface area contributed by atoms with Gasteiger partial charge in [-0.1, -0.05) is 18.2 Å². The Labute approximate surface area is 82.3 Å². The fraction of sp³-hybridized carbons (Fsp3) is 0.182. The lowest BCUT2D eigenvalue weighted by atomic mass is 10.3. The van der Waals surface area contributed by atoms with Gasteiger partial charge in [-0.25, -0.2) is 4.98 Å². The average molecular weight is 188 g/mol. The van der Waals surface area contributed by atoms with E-state index in [9.17, 15) is 0 Å². The third-order valence-electron chi connectivity index (χ3n) is 2.19. The van der Waals surface area contributed by atoms with Gasteiger partial charge in [-0.2, -0.15) is 0 Å². The van der Waals surface area contributed by atoms with Crippen molar-refractivity contribution in [2.75, 3.05) is 6.61 Å². The second-order valence-corrected chi connectivity index (χ2v) is 3.10. The topological polar surface area (TPSA) is 38.0 Å². The maximum Gasteiger partial charge on any atom is 0.133 e. The summed E-state index contributed by atoms with van der Waals surface area (Å²) in [7, 11) is 1.96. The molecule has 72 valence electrons. The van der Waals surface area contributed by atoms with Crippen molar-refractivity contribution in [1.29, 1.82) is 0 Å². The predicted molar refractivity (Wildman–Crippen MR) is 56.8 cm³/mol. The highest BCUT2D eigenvalue weighted by molar-refractivity contribution is 5.77. The molecule has 0 radical (unpaired) electrons. The van der Waals surface area contributed by atoms with E-state index in [-0.39, 0.29) is 6.61 Å². The Kier molecular flexibility index (Phi) is 2.33. The Balaban J connectivity index is 2.57. The SMILES string of the molecule is Cn1c(C=CCO)nc2ccccc21. The molecule has 0 amide bonds. The molecule has 3 nitrogen and oxygen atoms in total. The summed E-state index contributed by atoms with van der Waals surface area (Å²) >= 11 is 0. The molecule has 2 aromatic rings. The number of hydrogen-bond donors (Lipinski definition) is 1. The zero-order valence-corrected chi connectivity index (χ0v) is 8.01. The van der Waals surface area contributed by atoms with Gasteiger partial charge in [0.15, 0.2) is 0 Å². The first-order valence-corrected chi connectivity index (χ1v) is 4.52. The Morgan fingerprint density at radius 1 is 1.43 bits per heavy atom. The number of para-hydroxylation sites is 2. The average Bonchev–Trinajstić information content (AvgIpc) is 2.54. The number of nitrogens with zero attached hydrogens (tertiary/aromatic N) is 2. The number of benzene rings is 1. The molecule has 1 aromatic carbocycles. The number of aromatic nitrogens is 2. The molecule has 0 aliphatic heterocycles. The van der Waals surface area contributed by atoms with Crippen LogP contribution in [0, 0.1) is 0 Å². The summed E-state index contributed by atoms with van der Waals surface area (Å²) in [6.07, 6.45) is 3.50. The molecular formula is C11H12N2O. The van der Waals surface area contributed by atoms with Gasteiger partial charge in [0.25, 0.3) is 0 Å². The molecule has 0 spiro atoms. The van der Waals surface area contributed by atoms with Gasteiger partial charge in [0, 0.05) is 7.05 Å². The van der Waals surface area contributed by atoms with Crippen LogP contribution in [0.1, 0.15) is 5.82 Å². The van der Waals surface area contributed by atoms with E-state index in [0.29, 0.717) is 0 Å². The molecule has 0 aliphatic carbocycles. The second kappa shape index (κ2) is 3.64. The van der Waals surface area contributed by atoms with Crippen molar-refractivity contribution in [3.05, 3.63) is 36.2 Å². The molecular weight excluding hydrogens is 176 g/mol. The summed E-state index contributed by atoms with van der Waals surface area (Å²) in [6.45, 7) is 0.0448. The van der Waals surface area contributed by atoms with Gasteiger partial charge in [0.05, 0.1) is 17.6 Å². The monoisotopic (exact) mass is 188 g/mol. The van der Waals surface area contributed by atoms with E-state index >= 15 is 0 Å². The Hall–Kier alpha value is -1.61. The molecule has 1 aromatic heterocycles. The summed E-state index contributed by atoms with van der Waals surface area (Å²) in [5.74, 6) is 0.861. The van der Waals surface area contributed by atoms with Crippen molar-refractivity contribution < 1.29 is 5.11 Å². The maximum atomic E-state index is 8.67. The first-order chi connectivity index (χ1) is 6.83. The molecule has 0 fully saturated rings. The standard InChI is InChI=1S/C11H12N2O/c1-13-10-6-3-2-5-9(10)12-11(13)7-4-8-14/h2-7,14H,8H2,1H3. The highest BCUT2D eigenvalue weighted by Crippen LogP contribution is 2.14. The first kappa shape index (κ1) is 8.97. The first-order valence-electron chi connectivity index (χ1n) is 4.52. The van der Waals surface area contributed by atoms with E-state index in [4.69, 9.17) is 5.11 Å². The smallest absolute Gasteiger partial charge is 0.133 e. The highest BCUT2D eigenvalue weighted by atomic mass is 16.2. The molecule has 2 rings (SSSR count). The van der Waals surface area contributed by atoms with Crippen LogP contribution in [0.15, 0.2) is 30.3 Å². The van der Waals surface area contributed by atoms with Crippen LogP contribution in [0.4, 0.5) is 0 Å². The molecule has 1 N–H and O–H groups in total. The Morgan fingerprint density at radius 2 is 2.21 bits per heavy atom. The van der Waals surface area contributed by atoms with Gasteiger partial charge in [0.2, 0.25) is 0 Å². The summed E-state index contributed by atoms with van der Waals surface area (Å²) in [5.41, 5.74) is 2.08. The van der Waals surface area contributed by atoms with Gasteiger partial charge in [-0.05, 0) is 18.2 Å². The van der Waals surface area contributed by atoms with E-state index < -0.39 is 0 Å². The van der Waals surface area contributed by atoms with Crippen LogP contribution < -0.4 is 0 Å². The summed E-state index contributed by atoms with van der Waals surface area (Å²) in [6, 6.07) is 7.96. The molecule has 0 saturated carbocycles. The molecule has 0 aliphatic rings. The fourth-order valence-electron chi connectivity index (χ4n) is 1.47. The number of imidazole rings is 1. The maximum absolute atomic E-state index is 8.67. The van der Waals surface area contributed by atoms with Gasteiger partial charge >= 0.3 is 0 Å². The lowest BCUT2D eigenvalue weighted by Crippen LogP contribution is -1.90. The van der Waals surface area contributed by atoms with Crippen LogP contribution in [0.2, 0.25) is 0 Å². The van der Waals surface area contributed by atoms with Crippen molar-refractivity contribution in [1.82, 2.24) is 9.55 Å². The Morgan fingerprint density at radius 3 is 2.93 bits per heavy atom. The molecule has 0 unspecified atom stereocenters. The van der Waals surface area contributed by atoms with Crippen molar-refractivity contribution in [2.45, 2.75) is 0 Å². The second-order valence-electron chi connectivity index (χ2n) is 3.10. The largest absolute Gasteiger partial charge is 0.392 e. The number of aryl methyl sites for hydroxylation is 1. The third-order valence-corrected chi connectivity index (χ3v) is 2.19. The van der Waals surface area contributed by atoms with Gasteiger partial charge in [0.1, 0.15) is 5.82 Å². The molecule has 14 heavy (non-hydrogen) atoms. The molecule has 0 atom stereocenters. The van der Waals surface area contributed by atoms with Crippen LogP contribution in [0.3, 0.4) is 0 Å². The van der Waals surface area contributed by atoms with Crippen molar-refractivity contribution in [3.63, 3.8) is 0 Å². The minimum atomic E-state index is 0.0448. The van der Waals surface area contributed by atoms with Crippen molar-refractivity contribution in [2.24, 2.45) is 7.05 Å². The minimum absolute atomic E-state index is 0.0448. The van der Waals surface area contributed by atoms with E-state index in [0.717, 1.165) is 16.9 Å². The van der Waals surface area contributed by atoms with E-state index in [2.05, 4.69) is 4.98 Å². The minimum Gasteiger partial charge on any atom is -0.392 e. The fourth-order valence-corrected chi connectivity index (χ4v) is 1.47. The quantitative estimate of drug-likeness (QED) is 0.777. The number of rotatable bonds is 2. The van der Waals surface area contributed by atoms with Crippen molar-refractivity contribution in [3.8, 4) is 0 Å². The molecule has 3 heteroatoms. The normalized spacial score (nSPS) is 11.6. The summed E-state index contributed by atoms with van der Waals surface area (Å²) in [5, 5.41) is 8.67. The van der Waals surface area contributed by atoms with E-state index in [1.165, 1.54) is 0 Å².